The van der Waals surface area contributed by atoms with Crippen LogP contribution in [0.4, 0.5) is 0 Å². The van der Waals surface area contributed by atoms with Crippen LogP contribution in [0, 0.1) is 0 Å². The van der Waals surface area contributed by atoms with Crippen LogP contribution < -0.4 is 4.74 Å². The number of furan rings is 1. The summed E-state index contributed by atoms with van der Waals surface area (Å²) in [5.74, 6) is 0.521. The van der Waals surface area contributed by atoms with Gasteiger partial charge in [-0.1, -0.05) is 38.3 Å². The van der Waals surface area contributed by atoms with E-state index in [4.69, 9.17) is 9.15 Å². The standard InChI is InChI=1S/C14H20O2/c1-2-3-4-5-6-7-8-9-12-15-14-11-10-13-16-14/h7-13H,2-6H2,1H3. The molecule has 1 heterocycles. The van der Waals surface area contributed by atoms with Crippen LogP contribution >= 0.6 is 0 Å². The molecule has 1 aromatic rings. The Bertz CT molecular complexity index is 297. The van der Waals surface area contributed by atoms with E-state index in [1.807, 2.05) is 12.2 Å². The Morgan fingerprint density at radius 2 is 2.19 bits per heavy atom. The molecule has 16 heavy (non-hydrogen) atoms. The number of hydrogen-bond donors (Lipinski definition) is 0. The number of allylic oxidation sites excluding steroid dienone is 3. The predicted octanol–water partition coefficient (Wildman–Crippen LogP) is 4.70. The first-order valence-electron chi connectivity index (χ1n) is 5.95. The lowest BCUT2D eigenvalue weighted by molar-refractivity contribution is 0.345. The molecule has 0 aliphatic carbocycles. The molecule has 0 aromatic carbocycles. The summed E-state index contributed by atoms with van der Waals surface area (Å²) in [5, 5.41) is 0. The molecular formula is C14H20O2. The molecule has 0 bridgehead atoms. The average molecular weight is 220 g/mol. The largest absolute Gasteiger partial charge is 0.434 e. The summed E-state index contributed by atoms with van der Waals surface area (Å²) in [6.07, 6.45) is 15.6. The Morgan fingerprint density at radius 3 is 2.94 bits per heavy atom. The Hall–Kier alpha value is -1.44. The van der Waals surface area contributed by atoms with E-state index in [0.717, 1.165) is 6.42 Å². The van der Waals surface area contributed by atoms with Crippen molar-refractivity contribution in [1.82, 2.24) is 0 Å². The summed E-state index contributed by atoms with van der Waals surface area (Å²) >= 11 is 0. The van der Waals surface area contributed by atoms with Gasteiger partial charge in [-0.25, -0.2) is 0 Å². The first-order valence-corrected chi connectivity index (χ1v) is 5.95. The molecule has 0 aliphatic rings. The van der Waals surface area contributed by atoms with Crippen LogP contribution in [0.3, 0.4) is 0 Å². The Kier molecular flexibility index (Phi) is 6.97. The topological polar surface area (TPSA) is 22.4 Å². The van der Waals surface area contributed by atoms with Crippen LogP contribution in [0.5, 0.6) is 5.95 Å². The summed E-state index contributed by atoms with van der Waals surface area (Å²) in [4.78, 5) is 0. The fourth-order valence-electron chi connectivity index (χ4n) is 1.35. The molecule has 0 unspecified atom stereocenters. The van der Waals surface area contributed by atoms with E-state index in [1.54, 1.807) is 24.7 Å². The van der Waals surface area contributed by atoms with E-state index in [1.165, 1.54) is 25.7 Å². The molecule has 0 saturated carbocycles. The lowest BCUT2D eigenvalue weighted by atomic mass is 10.1. The van der Waals surface area contributed by atoms with Gasteiger partial charge in [-0.2, -0.15) is 0 Å². The zero-order valence-corrected chi connectivity index (χ0v) is 9.89. The Balaban J connectivity index is 2.01. The van der Waals surface area contributed by atoms with Crippen molar-refractivity contribution in [3.8, 4) is 5.95 Å². The number of unbranched alkanes of at least 4 members (excludes halogenated alkanes) is 4. The van der Waals surface area contributed by atoms with Crippen LogP contribution in [-0.4, -0.2) is 0 Å². The molecule has 0 radical (unpaired) electrons. The molecule has 2 nitrogen and oxygen atoms in total. The van der Waals surface area contributed by atoms with Gasteiger partial charge in [0.2, 0.25) is 0 Å². The second-order valence-corrected chi connectivity index (χ2v) is 3.66. The van der Waals surface area contributed by atoms with Gasteiger partial charge in [-0.15, -0.1) is 0 Å². The first kappa shape index (κ1) is 12.6. The van der Waals surface area contributed by atoms with Gasteiger partial charge >= 0.3 is 0 Å². The van der Waals surface area contributed by atoms with Crippen LogP contribution in [0.25, 0.3) is 0 Å². The molecule has 1 rings (SSSR count). The average Bonchev–Trinajstić information content (AvgIpc) is 2.80. The van der Waals surface area contributed by atoms with Crippen LogP contribution in [0.1, 0.15) is 39.0 Å². The van der Waals surface area contributed by atoms with Gasteiger partial charge in [0.15, 0.2) is 0 Å². The SMILES string of the molecule is CCCCCCC=CC=COc1ccco1. The molecule has 0 N–H and O–H groups in total. The summed E-state index contributed by atoms with van der Waals surface area (Å²) in [5.41, 5.74) is 0. The maximum absolute atomic E-state index is 5.19. The van der Waals surface area contributed by atoms with Crippen LogP contribution in [0.2, 0.25) is 0 Å². The van der Waals surface area contributed by atoms with Gasteiger partial charge in [0, 0.05) is 6.07 Å². The highest BCUT2D eigenvalue weighted by atomic mass is 16.6. The smallest absolute Gasteiger partial charge is 0.289 e. The molecular weight excluding hydrogens is 200 g/mol. The van der Waals surface area contributed by atoms with E-state index in [0.29, 0.717) is 5.95 Å². The molecule has 88 valence electrons. The van der Waals surface area contributed by atoms with E-state index in [2.05, 4.69) is 13.0 Å². The van der Waals surface area contributed by atoms with Gasteiger partial charge in [-0.05, 0) is 25.0 Å². The van der Waals surface area contributed by atoms with Gasteiger partial charge in [0.05, 0.1) is 12.5 Å². The van der Waals surface area contributed by atoms with Crippen molar-refractivity contribution in [2.24, 2.45) is 0 Å². The highest BCUT2D eigenvalue weighted by molar-refractivity contribution is 5.07. The Morgan fingerprint density at radius 1 is 1.25 bits per heavy atom. The van der Waals surface area contributed by atoms with Crippen LogP contribution in [-0.2, 0) is 0 Å². The van der Waals surface area contributed by atoms with E-state index in [9.17, 15) is 0 Å². The number of hydrogen-bond acceptors (Lipinski definition) is 2. The maximum atomic E-state index is 5.19. The van der Waals surface area contributed by atoms with Crippen molar-refractivity contribution in [3.63, 3.8) is 0 Å². The summed E-state index contributed by atoms with van der Waals surface area (Å²) in [7, 11) is 0. The van der Waals surface area contributed by atoms with E-state index < -0.39 is 0 Å². The number of rotatable bonds is 8. The van der Waals surface area contributed by atoms with Crippen molar-refractivity contribution < 1.29 is 9.15 Å². The lowest BCUT2D eigenvalue weighted by Crippen LogP contribution is -1.76. The van der Waals surface area contributed by atoms with Crippen LogP contribution in [0.15, 0.2) is 47.3 Å². The summed E-state index contributed by atoms with van der Waals surface area (Å²) in [6, 6.07) is 3.57. The predicted molar refractivity (Wildman–Crippen MR) is 66.4 cm³/mol. The lowest BCUT2D eigenvalue weighted by Gasteiger charge is -1.93. The normalized spacial score (nSPS) is 11.6. The fraction of sp³-hybridized carbons (Fsp3) is 0.429. The summed E-state index contributed by atoms with van der Waals surface area (Å²) < 4.78 is 10.2. The molecule has 0 aliphatic heterocycles. The summed E-state index contributed by atoms with van der Waals surface area (Å²) in [6.45, 7) is 2.23. The number of ether oxygens (including phenoxy) is 1. The monoisotopic (exact) mass is 220 g/mol. The van der Waals surface area contributed by atoms with Crippen molar-refractivity contribution in [2.75, 3.05) is 0 Å². The third-order valence-corrected chi connectivity index (χ3v) is 2.23. The third-order valence-electron chi connectivity index (χ3n) is 2.23. The zero-order valence-electron chi connectivity index (χ0n) is 9.89. The minimum Gasteiger partial charge on any atom is -0.434 e. The first-order chi connectivity index (χ1) is 7.93. The molecule has 2 heteroatoms. The quantitative estimate of drug-likeness (QED) is 0.360. The molecule has 0 spiro atoms. The zero-order chi connectivity index (χ0) is 11.5. The van der Waals surface area contributed by atoms with Crippen molar-refractivity contribution in [3.05, 3.63) is 42.9 Å². The Labute approximate surface area is 97.6 Å². The third kappa shape index (κ3) is 6.12. The molecule has 0 saturated heterocycles. The minimum atomic E-state index is 0.521. The second-order valence-electron chi connectivity index (χ2n) is 3.66. The fourth-order valence-corrected chi connectivity index (χ4v) is 1.35. The second kappa shape index (κ2) is 8.84. The van der Waals surface area contributed by atoms with Gasteiger partial charge in [0.25, 0.3) is 5.95 Å². The molecule has 0 amide bonds. The molecule has 0 atom stereocenters. The van der Waals surface area contributed by atoms with Crippen molar-refractivity contribution in [1.29, 1.82) is 0 Å². The van der Waals surface area contributed by atoms with Gasteiger partial charge in [-0.3, -0.25) is 0 Å². The highest BCUT2D eigenvalue weighted by Gasteiger charge is 1.88. The highest BCUT2D eigenvalue weighted by Crippen LogP contribution is 2.09. The van der Waals surface area contributed by atoms with Gasteiger partial charge in [0.1, 0.15) is 0 Å². The maximum Gasteiger partial charge on any atom is 0.289 e. The van der Waals surface area contributed by atoms with E-state index in [-0.39, 0.29) is 0 Å². The van der Waals surface area contributed by atoms with Gasteiger partial charge < -0.3 is 9.15 Å². The minimum absolute atomic E-state index is 0.521. The van der Waals surface area contributed by atoms with E-state index >= 15 is 0 Å². The van der Waals surface area contributed by atoms with Crippen molar-refractivity contribution in [2.45, 2.75) is 39.0 Å². The molecule has 1 aromatic heterocycles. The molecule has 0 fully saturated rings. The van der Waals surface area contributed by atoms with Crippen molar-refractivity contribution >= 4 is 0 Å².